The van der Waals surface area contributed by atoms with Gasteiger partial charge in [0.25, 0.3) is 0 Å². The van der Waals surface area contributed by atoms with Gasteiger partial charge in [0.1, 0.15) is 17.1 Å². The molecule has 24 heavy (non-hydrogen) atoms. The molecule has 0 atom stereocenters. The molecule has 6 nitrogen and oxygen atoms in total. The summed E-state index contributed by atoms with van der Waals surface area (Å²) in [4.78, 5) is 11.7. The van der Waals surface area contributed by atoms with E-state index in [0.717, 1.165) is 23.1 Å². The third-order valence-corrected chi connectivity index (χ3v) is 3.61. The summed E-state index contributed by atoms with van der Waals surface area (Å²) < 4.78 is 15.1. The van der Waals surface area contributed by atoms with E-state index < -0.39 is 5.97 Å². The van der Waals surface area contributed by atoms with Crippen LogP contribution >= 0.6 is 11.9 Å². The van der Waals surface area contributed by atoms with Gasteiger partial charge in [0.05, 0.1) is 25.6 Å². The van der Waals surface area contributed by atoms with E-state index in [1.165, 1.54) is 14.2 Å². The number of carbonyl (C=O) groups is 1. The third-order valence-electron chi connectivity index (χ3n) is 3.32. The Morgan fingerprint density at radius 2 is 2.04 bits per heavy atom. The van der Waals surface area contributed by atoms with Gasteiger partial charge in [-0.2, -0.15) is 0 Å². The van der Waals surface area contributed by atoms with Crippen LogP contribution in [0.4, 0.5) is 11.4 Å². The highest BCUT2D eigenvalue weighted by molar-refractivity contribution is 8.16. The highest BCUT2D eigenvalue weighted by Crippen LogP contribution is 2.27. The number of rotatable bonds is 7. The molecule has 0 saturated carbocycles. The van der Waals surface area contributed by atoms with E-state index in [9.17, 15) is 4.79 Å². The van der Waals surface area contributed by atoms with Crippen molar-refractivity contribution in [2.24, 2.45) is 0 Å². The molecule has 2 radical (unpaired) electrons. The lowest BCUT2D eigenvalue weighted by Crippen LogP contribution is -2.06. The summed E-state index contributed by atoms with van der Waals surface area (Å²) in [5.74, 6) is 0.594. The Bertz CT molecular complexity index is 727. The van der Waals surface area contributed by atoms with Gasteiger partial charge in [-0.25, -0.2) is 4.79 Å². The number of methoxy groups -OCH3 is 2. The molecule has 0 aromatic heterocycles. The maximum Gasteiger partial charge on any atom is 0.341 e. The fourth-order valence-electron chi connectivity index (χ4n) is 2.13. The molecule has 0 aliphatic carbocycles. The predicted molar refractivity (Wildman–Crippen MR) is 96.5 cm³/mol. The molecular weight excluding hydrogens is 327 g/mol. The fourth-order valence-corrected chi connectivity index (χ4v) is 2.35. The normalized spacial score (nSPS) is 10.1. The van der Waals surface area contributed by atoms with E-state index in [-0.39, 0.29) is 0 Å². The molecule has 8 heteroatoms. The van der Waals surface area contributed by atoms with E-state index in [0.29, 0.717) is 29.3 Å². The molecule has 0 amide bonds. The molecule has 2 aromatic rings. The summed E-state index contributed by atoms with van der Waals surface area (Å²) in [6, 6.07) is 10.5. The average molecular weight is 344 g/mol. The highest BCUT2D eigenvalue weighted by atomic mass is 32.2. The smallest absolute Gasteiger partial charge is 0.341 e. The molecular formula is C16H17BN2O4S. The minimum absolute atomic E-state index is 0.379. The Labute approximate surface area is 146 Å². The minimum Gasteiger partial charge on any atom is -0.496 e. The van der Waals surface area contributed by atoms with Crippen molar-refractivity contribution in [1.82, 2.24) is 0 Å². The van der Waals surface area contributed by atoms with E-state index in [4.69, 9.17) is 26.5 Å². The molecule has 0 unspecified atom stereocenters. The Hall–Kier alpha value is -2.48. The standard InChI is InChI=1S/C16H17BN2O4S/c1-21-15-7-10(3-5-12(15)16(20)22-2)9-19-14-6-4-11(23-24-17)8-13(14)18/h3-8,19H,9,18H2,1-2H3. The van der Waals surface area contributed by atoms with Crippen LogP contribution in [0.15, 0.2) is 36.4 Å². The first kappa shape index (κ1) is 17.9. The second-order valence-corrected chi connectivity index (χ2v) is 5.17. The Kier molecular flexibility index (Phi) is 6.25. The first-order chi connectivity index (χ1) is 11.6. The Morgan fingerprint density at radius 1 is 1.25 bits per heavy atom. The number of nitrogens with one attached hydrogen (secondary N) is 1. The number of carbonyl (C=O) groups excluding carboxylic acids is 1. The zero-order chi connectivity index (χ0) is 17.5. The van der Waals surface area contributed by atoms with Crippen LogP contribution in [0.5, 0.6) is 11.5 Å². The molecule has 124 valence electrons. The summed E-state index contributed by atoms with van der Waals surface area (Å²) in [7, 11) is 8.08. The van der Waals surface area contributed by atoms with Crippen molar-refractivity contribution in [3.8, 4) is 11.5 Å². The number of ether oxygens (including phenoxy) is 2. The van der Waals surface area contributed by atoms with Crippen LogP contribution in [0.2, 0.25) is 0 Å². The second-order valence-electron chi connectivity index (χ2n) is 4.81. The molecule has 0 fully saturated rings. The molecule has 0 heterocycles. The summed E-state index contributed by atoms with van der Waals surface area (Å²) in [6.07, 6.45) is 0. The van der Waals surface area contributed by atoms with E-state index in [1.54, 1.807) is 30.3 Å². The Balaban J connectivity index is 2.10. The SMILES string of the molecule is [B]SOc1ccc(NCc2ccc(C(=O)OC)c(OC)c2)c(N)c1. The predicted octanol–water partition coefficient (Wildman–Crippen LogP) is 2.79. The van der Waals surface area contributed by atoms with Gasteiger partial charge in [0.15, 0.2) is 0 Å². The van der Waals surface area contributed by atoms with E-state index >= 15 is 0 Å². The third kappa shape index (κ3) is 4.29. The lowest BCUT2D eigenvalue weighted by Gasteiger charge is -2.13. The van der Waals surface area contributed by atoms with Gasteiger partial charge in [-0.15, -0.1) is 0 Å². The molecule has 0 aliphatic heterocycles. The van der Waals surface area contributed by atoms with Crippen molar-refractivity contribution in [3.05, 3.63) is 47.5 Å². The van der Waals surface area contributed by atoms with Crippen molar-refractivity contribution < 1.29 is 18.5 Å². The van der Waals surface area contributed by atoms with Gasteiger partial charge in [-0.05, 0) is 41.7 Å². The van der Waals surface area contributed by atoms with Crippen molar-refractivity contribution in [1.29, 1.82) is 0 Å². The van der Waals surface area contributed by atoms with Crippen LogP contribution in [0.3, 0.4) is 0 Å². The van der Waals surface area contributed by atoms with Gasteiger partial charge >= 0.3 is 5.97 Å². The number of hydrogen-bond acceptors (Lipinski definition) is 7. The zero-order valence-electron chi connectivity index (χ0n) is 13.4. The molecule has 2 aromatic carbocycles. The van der Waals surface area contributed by atoms with Crippen LogP contribution in [0.25, 0.3) is 0 Å². The number of benzene rings is 2. The summed E-state index contributed by atoms with van der Waals surface area (Å²) in [5.41, 5.74) is 8.59. The topological polar surface area (TPSA) is 82.8 Å². The number of nitrogen functional groups attached to an aromatic ring is 1. The van der Waals surface area contributed by atoms with Crippen molar-refractivity contribution >= 4 is 36.4 Å². The van der Waals surface area contributed by atoms with Crippen molar-refractivity contribution in [2.45, 2.75) is 6.54 Å². The first-order valence-electron chi connectivity index (χ1n) is 7.01. The van der Waals surface area contributed by atoms with Crippen LogP contribution in [0.1, 0.15) is 15.9 Å². The van der Waals surface area contributed by atoms with Crippen LogP contribution in [-0.4, -0.2) is 27.3 Å². The lowest BCUT2D eigenvalue weighted by atomic mass is 10.1. The number of hydrogen-bond donors (Lipinski definition) is 2. The zero-order valence-corrected chi connectivity index (χ0v) is 14.2. The lowest BCUT2D eigenvalue weighted by molar-refractivity contribution is 0.0597. The van der Waals surface area contributed by atoms with Gasteiger partial charge in [-0.1, -0.05) is 6.07 Å². The van der Waals surface area contributed by atoms with Gasteiger partial charge in [0, 0.05) is 12.6 Å². The number of anilines is 2. The van der Waals surface area contributed by atoms with E-state index in [1.807, 2.05) is 6.07 Å². The molecule has 0 spiro atoms. The van der Waals surface area contributed by atoms with Crippen LogP contribution in [-0.2, 0) is 11.3 Å². The van der Waals surface area contributed by atoms with E-state index in [2.05, 4.69) is 5.32 Å². The van der Waals surface area contributed by atoms with Gasteiger partial charge in [0.2, 0.25) is 7.12 Å². The maximum absolute atomic E-state index is 11.7. The van der Waals surface area contributed by atoms with Crippen LogP contribution in [0, 0.1) is 0 Å². The summed E-state index contributed by atoms with van der Waals surface area (Å²) in [6.45, 7) is 0.508. The van der Waals surface area contributed by atoms with Crippen molar-refractivity contribution in [2.75, 3.05) is 25.3 Å². The molecule has 2 rings (SSSR count). The summed E-state index contributed by atoms with van der Waals surface area (Å²) in [5, 5.41) is 3.22. The largest absolute Gasteiger partial charge is 0.496 e. The monoisotopic (exact) mass is 344 g/mol. The fraction of sp³-hybridized carbons (Fsp3) is 0.188. The van der Waals surface area contributed by atoms with Crippen molar-refractivity contribution in [3.63, 3.8) is 0 Å². The van der Waals surface area contributed by atoms with Gasteiger partial charge < -0.3 is 24.7 Å². The number of esters is 1. The molecule has 0 saturated heterocycles. The molecule has 0 bridgehead atoms. The highest BCUT2D eigenvalue weighted by Gasteiger charge is 2.13. The Morgan fingerprint density at radius 3 is 2.67 bits per heavy atom. The number of nitrogens with two attached hydrogens (primary N) is 1. The second kappa shape index (κ2) is 8.40. The average Bonchev–Trinajstić information content (AvgIpc) is 2.60. The van der Waals surface area contributed by atoms with Crippen LogP contribution < -0.4 is 20.0 Å². The summed E-state index contributed by atoms with van der Waals surface area (Å²) >= 11 is 0.761. The molecule has 3 N–H and O–H groups in total. The maximum atomic E-state index is 11.7. The van der Waals surface area contributed by atoms with Gasteiger partial charge in [-0.3, -0.25) is 0 Å². The first-order valence-corrected chi connectivity index (χ1v) is 7.81. The molecule has 0 aliphatic rings. The minimum atomic E-state index is -0.441. The quantitative estimate of drug-likeness (QED) is 0.346.